The molecule has 0 radical (unpaired) electrons. The molecule has 0 spiro atoms. The number of nitrogens with zero attached hydrogens (tertiary/aromatic N) is 1. The van der Waals surface area contributed by atoms with E-state index in [1.807, 2.05) is 11.9 Å². The van der Waals surface area contributed by atoms with E-state index in [1.165, 1.54) is 19.3 Å². The van der Waals surface area contributed by atoms with Crippen LogP contribution in [0.3, 0.4) is 0 Å². The lowest BCUT2D eigenvalue weighted by atomic mass is 9.84. The van der Waals surface area contributed by atoms with Crippen molar-refractivity contribution in [3.63, 3.8) is 0 Å². The summed E-state index contributed by atoms with van der Waals surface area (Å²) in [6.07, 6.45) is 8.93. The van der Waals surface area contributed by atoms with Crippen molar-refractivity contribution in [2.75, 3.05) is 7.05 Å². The van der Waals surface area contributed by atoms with E-state index in [0.29, 0.717) is 12.0 Å². The Kier molecular flexibility index (Phi) is 3.76. The Balaban J connectivity index is 2.03. The average Bonchev–Trinajstić information content (AvgIpc) is 2.76. The minimum Gasteiger partial charge on any atom is -0.341 e. The second kappa shape index (κ2) is 4.97. The highest BCUT2D eigenvalue weighted by atomic mass is 16.2. The van der Waals surface area contributed by atoms with Crippen LogP contribution in [0.25, 0.3) is 0 Å². The quantitative estimate of drug-likeness (QED) is 0.802. The van der Waals surface area contributed by atoms with Crippen molar-refractivity contribution in [3.05, 3.63) is 0 Å². The molecule has 2 aliphatic rings. The van der Waals surface area contributed by atoms with Gasteiger partial charge in [-0.1, -0.05) is 32.6 Å². The first-order valence-electron chi connectivity index (χ1n) is 7.11. The van der Waals surface area contributed by atoms with Gasteiger partial charge < -0.3 is 10.6 Å². The van der Waals surface area contributed by atoms with Gasteiger partial charge in [0.1, 0.15) is 0 Å². The zero-order valence-electron chi connectivity index (χ0n) is 11.2. The molecule has 98 valence electrons. The summed E-state index contributed by atoms with van der Waals surface area (Å²) >= 11 is 0. The molecule has 17 heavy (non-hydrogen) atoms. The Morgan fingerprint density at radius 1 is 1.18 bits per heavy atom. The van der Waals surface area contributed by atoms with E-state index < -0.39 is 5.54 Å². The first-order chi connectivity index (χ1) is 8.04. The predicted molar refractivity (Wildman–Crippen MR) is 69.6 cm³/mol. The molecule has 2 aliphatic carbocycles. The van der Waals surface area contributed by atoms with Crippen molar-refractivity contribution in [2.45, 2.75) is 69.9 Å². The van der Waals surface area contributed by atoms with Crippen LogP contribution in [0.15, 0.2) is 0 Å². The molecule has 2 N–H and O–H groups in total. The maximum atomic E-state index is 12.5. The maximum Gasteiger partial charge on any atom is 0.242 e. The molecule has 2 unspecified atom stereocenters. The number of nitrogens with two attached hydrogens (primary N) is 1. The van der Waals surface area contributed by atoms with Gasteiger partial charge in [-0.25, -0.2) is 0 Å². The fourth-order valence-corrected chi connectivity index (χ4v) is 3.59. The third-order valence-corrected chi connectivity index (χ3v) is 4.81. The number of amides is 1. The minimum atomic E-state index is -0.550. The van der Waals surface area contributed by atoms with Crippen LogP contribution in [0.2, 0.25) is 0 Å². The molecule has 2 rings (SSSR count). The van der Waals surface area contributed by atoms with E-state index in [0.717, 1.165) is 32.1 Å². The Labute approximate surface area is 105 Å². The minimum absolute atomic E-state index is 0.189. The van der Waals surface area contributed by atoms with Crippen LogP contribution >= 0.6 is 0 Å². The molecule has 3 heteroatoms. The van der Waals surface area contributed by atoms with Gasteiger partial charge in [0.2, 0.25) is 5.91 Å². The maximum absolute atomic E-state index is 12.5. The predicted octanol–water partition coefficient (Wildman–Crippen LogP) is 2.29. The SMILES string of the molecule is CC1CCCCC1N(C)C(=O)C1(N)CCCC1. The molecule has 0 aromatic rings. The van der Waals surface area contributed by atoms with Gasteiger partial charge >= 0.3 is 0 Å². The summed E-state index contributed by atoms with van der Waals surface area (Å²) in [7, 11) is 1.96. The fourth-order valence-electron chi connectivity index (χ4n) is 3.59. The molecule has 0 heterocycles. The number of carbonyl (C=O) groups excluding carboxylic acids is 1. The Morgan fingerprint density at radius 3 is 2.35 bits per heavy atom. The van der Waals surface area contributed by atoms with Crippen LogP contribution in [0.5, 0.6) is 0 Å². The standard InChI is InChI=1S/C14H26N2O/c1-11-7-3-4-8-12(11)16(2)13(17)14(15)9-5-6-10-14/h11-12H,3-10,15H2,1-2H3. The van der Waals surface area contributed by atoms with Gasteiger partial charge in [0.15, 0.2) is 0 Å². The number of rotatable bonds is 2. The summed E-state index contributed by atoms with van der Waals surface area (Å²) in [5.41, 5.74) is 5.71. The van der Waals surface area contributed by atoms with Crippen molar-refractivity contribution >= 4 is 5.91 Å². The monoisotopic (exact) mass is 238 g/mol. The number of hydrogen-bond acceptors (Lipinski definition) is 2. The highest BCUT2D eigenvalue weighted by molar-refractivity contribution is 5.86. The van der Waals surface area contributed by atoms with Crippen molar-refractivity contribution in [1.29, 1.82) is 0 Å². The Hall–Kier alpha value is -0.570. The summed E-state index contributed by atoms with van der Waals surface area (Å²) in [5.74, 6) is 0.816. The largest absolute Gasteiger partial charge is 0.341 e. The smallest absolute Gasteiger partial charge is 0.242 e. The summed E-state index contributed by atoms with van der Waals surface area (Å²) < 4.78 is 0. The van der Waals surface area contributed by atoms with Crippen molar-refractivity contribution < 1.29 is 4.79 Å². The normalized spacial score (nSPS) is 32.4. The average molecular weight is 238 g/mol. The Morgan fingerprint density at radius 2 is 1.76 bits per heavy atom. The number of likely N-dealkylation sites (N-methyl/N-ethyl adjacent to an activating group) is 1. The second-order valence-electron chi connectivity index (χ2n) is 6.11. The zero-order chi connectivity index (χ0) is 12.5. The van der Waals surface area contributed by atoms with Crippen molar-refractivity contribution in [3.8, 4) is 0 Å². The van der Waals surface area contributed by atoms with Gasteiger partial charge in [0.05, 0.1) is 5.54 Å². The van der Waals surface area contributed by atoms with Crippen molar-refractivity contribution in [1.82, 2.24) is 4.90 Å². The van der Waals surface area contributed by atoms with E-state index in [1.54, 1.807) is 0 Å². The van der Waals surface area contributed by atoms with E-state index in [4.69, 9.17) is 5.73 Å². The number of hydrogen-bond donors (Lipinski definition) is 1. The lowest BCUT2D eigenvalue weighted by Crippen LogP contribution is -2.56. The van der Waals surface area contributed by atoms with Crippen LogP contribution in [0, 0.1) is 5.92 Å². The summed E-state index contributed by atoms with van der Waals surface area (Å²) in [6, 6.07) is 0.414. The van der Waals surface area contributed by atoms with Gasteiger partial charge in [-0.2, -0.15) is 0 Å². The van der Waals surface area contributed by atoms with Crippen LogP contribution in [0.4, 0.5) is 0 Å². The van der Waals surface area contributed by atoms with Crippen LogP contribution < -0.4 is 5.73 Å². The molecule has 0 aliphatic heterocycles. The molecule has 3 nitrogen and oxygen atoms in total. The van der Waals surface area contributed by atoms with Crippen LogP contribution in [-0.4, -0.2) is 29.4 Å². The van der Waals surface area contributed by atoms with Gasteiger partial charge in [0.25, 0.3) is 0 Å². The van der Waals surface area contributed by atoms with Crippen LogP contribution in [-0.2, 0) is 4.79 Å². The molecule has 1 amide bonds. The molecule has 0 bridgehead atoms. The molecule has 0 saturated heterocycles. The molecule has 2 atom stereocenters. The van der Waals surface area contributed by atoms with E-state index in [2.05, 4.69) is 6.92 Å². The topological polar surface area (TPSA) is 46.3 Å². The molecule has 0 aromatic carbocycles. The lowest BCUT2D eigenvalue weighted by Gasteiger charge is -2.39. The van der Waals surface area contributed by atoms with Crippen LogP contribution in [0.1, 0.15) is 58.3 Å². The van der Waals surface area contributed by atoms with Gasteiger partial charge in [-0.15, -0.1) is 0 Å². The van der Waals surface area contributed by atoms with E-state index in [9.17, 15) is 4.79 Å². The number of carbonyl (C=O) groups is 1. The van der Waals surface area contributed by atoms with Crippen molar-refractivity contribution in [2.24, 2.45) is 11.7 Å². The Bertz CT molecular complexity index is 284. The molecule has 0 aromatic heterocycles. The van der Waals surface area contributed by atoms with Gasteiger partial charge in [-0.3, -0.25) is 4.79 Å². The molecular weight excluding hydrogens is 212 g/mol. The zero-order valence-corrected chi connectivity index (χ0v) is 11.2. The molecular formula is C14H26N2O. The summed E-state index contributed by atoms with van der Waals surface area (Å²) in [6.45, 7) is 2.27. The molecule has 2 saturated carbocycles. The first kappa shape index (κ1) is 12.9. The second-order valence-corrected chi connectivity index (χ2v) is 6.11. The van der Waals surface area contributed by atoms with E-state index in [-0.39, 0.29) is 5.91 Å². The highest BCUT2D eigenvalue weighted by Crippen LogP contribution is 2.33. The fraction of sp³-hybridized carbons (Fsp3) is 0.929. The van der Waals surface area contributed by atoms with Gasteiger partial charge in [-0.05, 0) is 31.6 Å². The molecule has 2 fully saturated rings. The third-order valence-electron chi connectivity index (χ3n) is 4.81. The lowest BCUT2D eigenvalue weighted by molar-refractivity contribution is -0.139. The van der Waals surface area contributed by atoms with Gasteiger partial charge in [0, 0.05) is 13.1 Å². The summed E-state index contributed by atoms with van der Waals surface area (Å²) in [5, 5.41) is 0. The third kappa shape index (κ3) is 2.49. The first-order valence-corrected chi connectivity index (χ1v) is 7.11. The summed E-state index contributed by atoms with van der Waals surface area (Å²) in [4.78, 5) is 14.5. The van der Waals surface area contributed by atoms with E-state index >= 15 is 0 Å². The highest BCUT2D eigenvalue weighted by Gasteiger charge is 2.41.